The van der Waals surface area contributed by atoms with Crippen LogP contribution in [0.5, 0.6) is 17.2 Å². The van der Waals surface area contributed by atoms with E-state index in [0.717, 1.165) is 53.9 Å². The number of hydrogen-bond donors (Lipinski definition) is 1. The van der Waals surface area contributed by atoms with Crippen LogP contribution in [0.15, 0.2) is 24.3 Å². The van der Waals surface area contributed by atoms with Crippen LogP contribution in [0.2, 0.25) is 0 Å². The van der Waals surface area contributed by atoms with E-state index in [1.54, 1.807) is 7.11 Å². The highest BCUT2D eigenvalue weighted by atomic mass is 16.5. The van der Waals surface area contributed by atoms with Crippen LogP contribution in [0, 0.1) is 20.8 Å². The highest BCUT2D eigenvalue weighted by molar-refractivity contribution is 5.58. The lowest BCUT2D eigenvalue weighted by Crippen LogP contribution is -2.37. The molecule has 1 aliphatic rings. The molecule has 0 radical (unpaired) electrons. The van der Waals surface area contributed by atoms with Gasteiger partial charge in [0.15, 0.2) is 0 Å². The largest absolute Gasteiger partial charge is 0.507 e. The number of phenols is 1. The second-order valence-corrected chi connectivity index (χ2v) is 7.43. The minimum atomic E-state index is -0.184. The van der Waals surface area contributed by atoms with E-state index in [0.29, 0.717) is 5.75 Å². The average Bonchev–Trinajstić information content (AvgIpc) is 2.63. The lowest BCUT2D eigenvalue weighted by atomic mass is 9.84. The van der Waals surface area contributed by atoms with Crippen molar-refractivity contribution in [2.45, 2.75) is 59.0 Å². The fraction of sp³-hybridized carbons (Fsp3) is 0.455. The van der Waals surface area contributed by atoms with Gasteiger partial charge in [0.2, 0.25) is 0 Å². The van der Waals surface area contributed by atoms with Crippen molar-refractivity contribution in [1.82, 2.24) is 0 Å². The Labute approximate surface area is 150 Å². The number of benzene rings is 2. The Morgan fingerprint density at radius 2 is 1.92 bits per heavy atom. The maximum atomic E-state index is 10.3. The average molecular weight is 340 g/mol. The Hall–Kier alpha value is -2.16. The molecule has 1 heterocycles. The molecular weight excluding hydrogens is 312 g/mol. The summed E-state index contributed by atoms with van der Waals surface area (Å²) in [5.41, 5.74) is 5.20. The summed E-state index contributed by atoms with van der Waals surface area (Å²) in [6.45, 7) is 8.20. The standard InChI is InChI=1S/C22H28O3/c1-14-15(2)21-19(16(3)20(14)23)10-12-22(4,25-21)11-9-17-7-6-8-18(13-17)24-5/h6-8,13,23H,9-12H2,1-5H3. The van der Waals surface area contributed by atoms with E-state index in [4.69, 9.17) is 9.47 Å². The number of ether oxygens (including phenoxy) is 2. The van der Waals surface area contributed by atoms with Crippen LogP contribution in [-0.2, 0) is 12.8 Å². The van der Waals surface area contributed by atoms with Gasteiger partial charge in [0.25, 0.3) is 0 Å². The third-order valence-electron chi connectivity index (χ3n) is 5.67. The Balaban J connectivity index is 1.81. The van der Waals surface area contributed by atoms with Crippen molar-refractivity contribution in [3.05, 3.63) is 52.1 Å². The van der Waals surface area contributed by atoms with E-state index in [-0.39, 0.29) is 5.60 Å². The van der Waals surface area contributed by atoms with Crippen LogP contribution in [-0.4, -0.2) is 17.8 Å². The first kappa shape index (κ1) is 17.7. The Morgan fingerprint density at radius 1 is 1.16 bits per heavy atom. The number of aromatic hydroxyl groups is 1. The second kappa shape index (κ2) is 6.62. The summed E-state index contributed by atoms with van der Waals surface area (Å²) in [4.78, 5) is 0. The van der Waals surface area contributed by atoms with Gasteiger partial charge in [0, 0.05) is 5.56 Å². The summed E-state index contributed by atoms with van der Waals surface area (Å²) in [5.74, 6) is 2.29. The van der Waals surface area contributed by atoms with Gasteiger partial charge in [0.1, 0.15) is 22.8 Å². The van der Waals surface area contributed by atoms with Gasteiger partial charge in [-0.1, -0.05) is 12.1 Å². The maximum absolute atomic E-state index is 10.3. The second-order valence-electron chi connectivity index (χ2n) is 7.43. The molecule has 0 spiro atoms. The molecule has 25 heavy (non-hydrogen) atoms. The lowest BCUT2D eigenvalue weighted by molar-refractivity contribution is 0.0552. The van der Waals surface area contributed by atoms with E-state index in [2.05, 4.69) is 19.1 Å². The Morgan fingerprint density at radius 3 is 2.64 bits per heavy atom. The van der Waals surface area contributed by atoms with Gasteiger partial charge in [-0.2, -0.15) is 0 Å². The smallest absolute Gasteiger partial charge is 0.127 e. The van der Waals surface area contributed by atoms with Crippen molar-refractivity contribution in [2.75, 3.05) is 7.11 Å². The first-order valence-corrected chi connectivity index (χ1v) is 8.98. The molecule has 3 nitrogen and oxygen atoms in total. The minimum absolute atomic E-state index is 0.184. The van der Waals surface area contributed by atoms with E-state index >= 15 is 0 Å². The van der Waals surface area contributed by atoms with Crippen LogP contribution >= 0.6 is 0 Å². The summed E-state index contributed by atoms with van der Waals surface area (Å²) in [6, 6.07) is 8.24. The minimum Gasteiger partial charge on any atom is -0.507 e. The molecule has 1 atom stereocenters. The summed E-state index contributed by atoms with van der Waals surface area (Å²) in [5, 5.41) is 10.3. The predicted octanol–water partition coefficient (Wildman–Crippen LogP) is 5.04. The summed E-state index contributed by atoms with van der Waals surface area (Å²) in [7, 11) is 1.70. The fourth-order valence-corrected chi connectivity index (χ4v) is 3.71. The van der Waals surface area contributed by atoms with Crippen molar-refractivity contribution < 1.29 is 14.6 Å². The van der Waals surface area contributed by atoms with E-state index in [1.165, 1.54) is 11.1 Å². The van der Waals surface area contributed by atoms with E-state index in [9.17, 15) is 5.11 Å². The first-order valence-electron chi connectivity index (χ1n) is 8.98. The number of phenolic OH excluding ortho intramolecular Hbond substituents is 1. The summed E-state index contributed by atoms with van der Waals surface area (Å²) < 4.78 is 11.8. The topological polar surface area (TPSA) is 38.7 Å². The maximum Gasteiger partial charge on any atom is 0.127 e. The molecule has 0 aliphatic carbocycles. The van der Waals surface area contributed by atoms with E-state index < -0.39 is 0 Å². The number of aryl methyl sites for hydroxylation is 1. The molecular formula is C22H28O3. The predicted molar refractivity (Wildman–Crippen MR) is 101 cm³/mol. The molecule has 2 aromatic carbocycles. The molecule has 0 aromatic heterocycles. The quantitative estimate of drug-likeness (QED) is 0.847. The van der Waals surface area contributed by atoms with Crippen LogP contribution in [0.4, 0.5) is 0 Å². The highest BCUT2D eigenvalue weighted by Gasteiger charge is 2.34. The number of rotatable bonds is 4. The third kappa shape index (κ3) is 3.33. The van der Waals surface area contributed by atoms with Gasteiger partial charge in [-0.05, 0) is 87.8 Å². The molecule has 2 aromatic rings. The highest BCUT2D eigenvalue weighted by Crippen LogP contribution is 2.44. The molecule has 134 valence electrons. The molecule has 3 rings (SSSR count). The lowest BCUT2D eigenvalue weighted by Gasteiger charge is -2.38. The SMILES string of the molecule is COc1cccc(CCC2(C)CCc3c(C)c(O)c(C)c(C)c3O2)c1. The number of hydrogen-bond acceptors (Lipinski definition) is 3. The molecule has 0 saturated carbocycles. The molecule has 0 amide bonds. The van der Waals surface area contributed by atoms with Crippen LogP contribution in [0.1, 0.15) is 47.6 Å². The van der Waals surface area contributed by atoms with Gasteiger partial charge in [-0.25, -0.2) is 0 Å². The molecule has 1 unspecified atom stereocenters. The van der Waals surface area contributed by atoms with Crippen molar-refractivity contribution in [2.24, 2.45) is 0 Å². The van der Waals surface area contributed by atoms with Gasteiger partial charge in [-0.15, -0.1) is 0 Å². The van der Waals surface area contributed by atoms with Crippen molar-refractivity contribution in [3.8, 4) is 17.2 Å². The van der Waals surface area contributed by atoms with Crippen molar-refractivity contribution >= 4 is 0 Å². The van der Waals surface area contributed by atoms with Gasteiger partial charge < -0.3 is 14.6 Å². The van der Waals surface area contributed by atoms with Crippen LogP contribution < -0.4 is 9.47 Å². The molecule has 1 aliphatic heterocycles. The normalized spacial score (nSPS) is 19.2. The molecule has 1 N–H and O–H groups in total. The van der Waals surface area contributed by atoms with Crippen LogP contribution in [0.3, 0.4) is 0 Å². The van der Waals surface area contributed by atoms with E-state index in [1.807, 2.05) is 32.9 Å². The first-order chi connectivity index (χ1) is 11.8. The van der Waals surface area contributed by atoms with Gasteiger partial charge in [-0.3, -0.25) is 0 Å². The third-order valence-corrected chi connectivity index (χ3v) is 5.67. The Bertz CT molecular complexity index is 794. The molecule has 3 heteroatoms. The number of fused-ring (bicyclic) bond motifs is 1. The zero-order valence-electron chi connectivity index (χ0n) is 15.9. The monoisotopic (exact) mass is 340 g/mol. The van der Waals surface area contributed by atoms with Crippen molar-refractivity contribution in [1.29, 1.82) is 0 Å². The van der Waals surface area contributed by atoms with Gasteiger partial charge in [0.05, 0.1) is 7.11 Å². The summed E-state index contributed by atoms with van der Waals surface area (Å²) >= 11 is 0. The summed E-state index contributed by atoms with van der Waals surface area (Å²) in [6.07, 6.45) is 3.83. The van der Waals surface area contributed by atoms with Gasteiger partial charge >= 0.3 is 0 Å². The number of methoxy groups -OCH3 is 1. The zero-order valence-corrected chi connectivity index (χ0v) is 15.9. The Kier molecular flexibility index (Phi) is 4.68. The molecule has 0 bridgehead atoms. The van der Waals surface area contributed by atoms with Crippen molar-refractivity contribution in [3.63, 3.8) is 0 Å². The zero-order chi connectivity index (χ0) is 18.2. The fourth-order valence-electron chi connectivity index (χ4n) is 3.71. The molecule has 0 fully saturated rings. The molecule has 0 saturated heterocycles. The van der Waals surface area contributed by atoms with Crippen LogP contribution in [0.25, 0.3) is 0 Å².